The molecule has 1 aromatic carbocycles. The van der Waals surface area contributed by atoms with E-state index in [1.54, 1.807) is 0 Å². The Kier molecular flexibility index (Phi) is 4.93. The third kappa shape index (κ3) is 4.90. The quantitative estimate of drug-likeness (QED) is 0.624. The van der Waals surface area contributed by atoms with E-state index >= 15 is 0 Å². The summed E-state index contributed by atoms with van der Waals surface area (Å²) in [5.41, 5.74) is -0.0675. The first-order valence-electron chi connectivity index (χ1n) is 4.88. The summed E-state index contributed by atoms with van der Waals surface area (Å²) in [5, 5.41) is 0. The highest BCUT2D eigenvalue weighted by Crippen LogP contribution is 2.29. The molecule has 0 N–H and O–H groups in total. The molecule has 0 bridgehead atoms. The zero-order valence-electron chi connectivity index (χ0n) is 9.58. The molecule has 8 heteroatoms. The van der Waals surface area contributed by atoms with Gasteiger partial charge in [0.1, 0.15) is 5.75 Å². The number of ether oxygens (including phenoxy) is 2. The molecule has 0 aliphatic carbocycles. The number of esters is 1. The first-order chi connectivity index (χ1) is 8.73. The van der Waals surface area contributed by atoms with Crippen LogP contribution in [0.25, 0.3) is 0 Å². The van der Waals surface area contributed by atoms with Gasteiger partial charge in [-0.25, -0.2) is 4.79 Å². The molecule has 0 fully saturated rings. The lowest BCUT2D eigenvalue weighted by atomic mass is 10.1. The van der Waals surface area contributed by atoms with Crippen molar-refractivity contribution in [2.75, 3.05) is 7.11 Å². The number of methoxy groups -OCH3 is 1. The lowest BCUT2D eigenvalue weighted by Crippen LogP contribution is -2.21. The molecule has 19 heavy (non-hydrogen) atoms. The third-order valence-corrected chi connectivity index (χ3v) is 2.51. The summed E-state index contributed by atoms with van der Waals surface area (Å²) in [6, 6.07) is 3.65. The number of rotatable bonds is 4. The second-order valence-corrected chi connectivity index (χ2v) is 4.31. The van der Waals surface area contributed by atoms with Gasteiger partial charge in [0.2, 0.25) is 5.78 Å². The number of benzene rings is 1. The van der Waals surface area contributed by atoms with Crippen molar-refractivity contribution in [2.24, 2.45) is 0 Å². The van der Waals surface area contributed by atoms with Crippen molar-refractivity contribution in [3.63, 3.8) is 0 Å². The van der Waals surface area contributed by atoms with Crippen LogP contribution in [-0.2, 0) is 20.7 Å². The minimum atomic E-state index is -4.88. The molecule has 1 rings (SSSR count). The van der Waals surface area contributed by atoms with Crippen LogP contribution in [-0.4, -0.2) is 25.2 Å². The fraction of sp³-hybridized carbons (Fsp3) is 0.273. The van der Waals surface area contributed by atoms with E-state index in [2.05, 4.69) is 25.4 Å². The van der Waals surface area contributed by atoms with Gasteiger partial charge in [0.05, 0.1) is 7.11 Å². The number of hydrogen-bond acceptors (Lipinski definition) is 4. The van der Waals surface area contributed by atoms with Crippen LogP contribution in [0.5, 0.6) is 5.75 Å². The highest BCUT2D eigenvalue weighted by atomic mass is 79.9. The number of carbonyl (C=O) groups is 2. The Morgan fingerprint density at radius 1 is 1.32 bits per heavy atom. The maximum Gasteiger partial charge on any atom is 0.573 e. The maximum atomic E-state index is 12.2. The molecule has 4 nitrogen and oxygen atoms in total. The van der Waals surface area contributed by atoms with Gasteiger partial charge >= 0.3 is 12.3 Å². The van der Waals surface area contributed by atoms with Gasteiger partial charge in [-0.3, -0.25) is 4.79 Å². The van der Waals surface area contributed by atoms with E-state index in [0.717, 1.165) is 13.2 Å². The fourth-order valence-electron chi connectivity index (χ4n) is 1.27. The second kappa shape index (κ2) is 6.05. The summed E-state index contributed by atoms with van der Waals surface area (Å²) in [4.78, 5) is 22.3. The van der Waals surface area contributed by atoms with E-state index in [1.807, 2.05) is 0 Å². The maximum absolute atomic E-state index is 12.2. The van der Waals surface area contributed by atoms with Crippen molar-refractivity contribution in [1.82, 2.24) is 0 Å². The van der Waals surface area contributed by atoms with Crippen molar-refractivity contribution in [3.05, 3.63) is 28.2 Å². The van der Waals surface area contributed by atoms with Crippen LogP contribution in [0.3, 0.4) is 0 Å². The second-order valence-electron chi connectivity index (χ2n) is 3.39. The minimum Gasteiger partial charge on any atom is -0.463 e. The molecule has 1 aromatic rings. The Bertz CT molecular complexity index is 499. The van der Waals surface area contributed by atoms with Gasteiger partial charge in [0, 0.05) is 16.5 Å². The summed E-state index contributed by atoms with van der Waals surface area (Å²) in [6.45, 7) is 0. The average molecular weight is 341 g/mol. The minimum absolute atomic E-state index is 0.0675. The predicted octanol–water partition coefficient (Wildman–Crippen LogP) is 2.63. The molecule has 0 atom stereocenters. The largest absolute Gasteiger partial charge is 0.573 e. The molecule has 0 unspecified atom stereocenters. The van der Waals surface area contributed by atoms with E-state index in [4.69, 9.17) is 0 Å². The SMILES string of the molecule is COC(=O)C(=O)Cc1cc(Br)ccc1OC(F)(F)F. The van der Waals surface area contributed by atoms with Crippen LogP contribution in [0.1, 0.15) is 5.56 Å². The fourth-order valence-corrected chi connectivity index (χ4v) is 1.68. The molecule has 0 saturated carbocycles. The van der Waals surface area contributed by atoms with Crippen molar-refractivity contribution >= 4 is 27.7 Å². The van der Waals surface area contributed by atoms with E-state index in [0.29, 0.717) is 4.47 Å². The molecule has 0 radical (unpaired) electrons. The zero-order valence-corrected chi connectivity index (χ0v) is 11.2. The van der Waals surface area contributed by atoms with E-state index < -0.39 is 30.3 Å². The monoisotopic (exact) mass is 340 g/mol. The molecular weight excluding hydrogens is 333 g/mol. The van der Waals surface area contributed by atoms with Crippen LogP contribution in [0, 0.1) is 0 Å². The van der Waals surface area contributed by atoms with Crippen LogP contribution >= 0.6 is 15.9 Å². The van der Waals surface area contributed by atoms with Gasteiger partial charge < -0.3 is 9.47 Å². The zero-order chi connectivity index (χ0) is 14.6. The first-order valence-corrected chi connectivity index (χ1v) is 5.67. The molecule has 0 spiro atoms. The lowest BCUT2D eigenvalue weighted by Gasteiger charge is -2.13. The van der Waals surface area contributed by atoms with Crippen molar-refractivity contribution < 1.29 is 32.2 Å². The highest BCUT2D eigenvalue weighted by Gasteiger charge is 2.32. The Labute approximate surface area is 114 Å². The molecule has 0 aliphatic rings. The number of halogens is 4. The van der Waals surface area contributed by atoms with Gasteiger partial charge in [-0.05, 0) is 18.2 Å². The lowest BCUT2D eigenvalue weighted by molar-refractivity contribution is -0.274. The van der Waals surface area contributed by atoms with E-state index in [9.17, 15) is 22.8 Å². The van der Waals surface area contributed by atoms with Crippen LogP contribution in [0.4, 0.5) is 13.2 Å². The summed E-state index contributed by atoms with van der Waals surface area (Å²) in [5.74, 6) is -2.63. The van der Waals surface area contributed by atoms with Crippen LogP contribution < -0.4 is 4.74 Å². The number of hydrogen-bond donors (Lipinski definition) is 0. The van der Waals surface area contributed by atoms with Crippen LogP contribution in [0.2, 0.25) is 0 Å². The third-order valence-electron chi connectivity index (χ3n) is 2.01. The molecule has 104 valence electrons. The Hall–Kier alpha value is -1.57. The number of alkyl halides is 3. The van der Waals surface area contributed by atoms with Crippen molar-refractivity contribution in [2.45, 2.75) is 12.8 Å². The molecule has 0 aliphatic heterocycles. The van der Waals surface area contributed by atoms with Gasteiger partial charge in [-0.1, -0.05) is 15.9 Å². The molecule has 0 amide bonds. The van der Waals surface area contributed by atoms with Gasteiger partial charge in [-0.2, -0.15) is 0 Å². The van der Waals surface area contributed by atoms with Gasteiger partial charge in [-0.15, -0.1) is 13.2 Å². The predicted molar refractivity (Wildman–Crippen MR) is 61.6 cm³/mol. The molecule has 0 aromatic heterocycles. The van der Waals surface area contributed by atoms with Crippen molar-refractivity contribution in [1.29, 1.82) is 0 Å². The van der Waals surface area contributed by atoms with Gasteiger partial charge in [0.25, 0.3) is 0 Å². The Morgan fingerprint density at radius 2 is 1.95 bits per heavy atom. The Balaban J connectivity index is 3.01. The average Bonchev–Trinajstić information content (AvgIpc) is 2.30. The Morgan fingerprint density at radius 3 is 2.47 bits per heavy atom. The number of Topliss-reactive ketones (excluding diaryl/α,β-unsaturated/α-hetero) is 1. The summed E-state index contributed by atoms with van der Waals surface area (Å²) < 4.78 is 44.9. The highest BCUT2D eigenvalue weighted by molar-refractivity contribution is 9.10. The summed E-state index contributed by atoms with van der Waals surface area (Å²) in [7, 11) is 1.01. The normalized spacial score (nSPS) is 11.0. The number of carbonyl (C=O) groups excluding carboxylic acids is 2. The molecule has 0 saturated heterocycles. The van der Waals surface area contributed by atoms with Crippen LogP contribution in [0.15, 0.2) is 22.7 Å². The topological polar surface area (TPSA) is 52.6 Å². The summed E-state index contributed by atoms with van der Waals surface area (Å²) in [6.07, 6.45) is -5.42. The molecule has 0 heterocycles. The summed E-state index contributed by atoms with van der Waals surface area (Å²) >= 11 is 3.06. The smallest absolute Gasteiger partial charge is 0.463 e. The van der Waals surface area contributed by atoms with E-state index in [1.165, 1.54) is 12.1 Å². The molecular formula is C11H8BrF3O4. The van der Waals surface area contributed by atoms with Crippen molar-refractivity contribution in [3.8, 4) is 5.75 Å². The van der Waals surface area contributed by atoms with E-state index in [-0.39, 0.29) is 5.56 Å². The standard InChI is InChI=1S/C11H8BrF3O4/c1-18-10(17)8(16)5-6-4-7(12)2-3-9(6)19-11(13,14)15/h2-4H,5H2,1H3. The number of ketones is 1. The van der Waals surface area contributed by atoms with Gasteiger partial charge in [0.15, 0.2) is 0 Å². The first kappa shape index (κ1) is 15.5.